The van der Waals surface area contributed by atoms with Crippen LogP contribution in [0.3, 0.4) is 0 Å². The van der Waals surface area contributed by atoms with E-state index in [1.807, 2.05) is 6.92 Å². The number of ketones is 1. The highest BCUT2D eigenvalue weighted by Crippen LogP contribution is 2.47. The van der Waals surface area contributed by atoms with Gasteiger partial charge in [-0.15, -0.1) is 0 Å². The van der Waals surface area contributed by atoms with Gasteiger partial charge in [-0.3, -0.25) is 4.79 Å². The minimum absolute atomic E-state index is 0.0325. The number of carbonyl (C=O) groups excluding carboxylic acids is 1. The second-order valence-corrected chi connectivity index (χ2v) is 7.41. The summed E-state index contributed by atoms with van der Waals surface area (Å²) in [6.07, 6.45) is 3.86. The number of Topliss-reactive ketones (excluding diaryl/α,β-unsaturated/α-hetero) is 1. The van der Waals surface area contributed by atoms with Gasteiger partial charge in [0.25, 0.3) is 0 Å². The number of hydrogen-bond acceptors (Lipinski definition) is 3. The summed E-state index contributed by atoms with van der Waals surface area (Å²) < 4.78 is 0. The van der Waals surface area contributed by atoms with Crippen LogP contribution >= 0.6 is 11.8 Å². The normalized spacial score (nSPS) is 21.1. The van der Waals surface area contributed by atoms with E-state index in [2.05, 4.69) is 45.8 Å². The van der Waals surface area contributed by atoms with Crippen molar-refractivity contribution in [1.29, 1.82) is 0 Å². The number of allylic oxidation sites excluding steroid dienone is 3. The lowest BCUT2D eigenvalue weighted by Gasteiger charge is -2.27. The monoisotopic (exact) mass is 321 g/mol. The molecule has 0 aromatic carbocycles. The van der Waals surface area contributed by atoms with Gasteiger partial charge in [0.05, 0.1) is 10.3 Å². The molecule has 22 heavy (non-hydrogen) atoms. The Hall–Kier alpha value is -0.960. The van der Waals surface area contributed by atoms with Crippen LogP contribution in [0.15, 0.2) is 35.0 Å². The Labute approximate surface area is 140 Å². The van der Waals surface area contributed by atoms with Gasteiger partial charge in [0.15, 0.2) is 0 Å². The first-order chi connectivity index (χ1) is 10.3. The van der Waals surface area contributed by atoms with Gasteiger partial charge in [-0.05, 0) is 32.3 Å². The van der Waals surface area contributed by atoms with Crippen molar-refractivity contribution in [2.24, 2.45) is 5.92 Å². The summed E-state index contributed by atoms with van der Waals surface area (Å²) in [4.78, 5) is 14.7. The molecule has 0 spiro atoms. The molecule has 0 amide bonds. The molecule has 1 aliphatic rings. The molecule has 2 atom stereocenters. The number of hydrogen-bond donors (Lipinski definition) is 0. The van der Waals surface area contributed by atoms with E-state index in [1.165, 1.54) is 10.6 Å². The van der Waals surface area contributed by atoms with Crippen molar-refractivity contribution in [1.82, 2.24) is 4.90 Å². The van der Waals surface area contributed by atoms with Crippen molar-refractivity contribution in [2.45, 2.75) is 65.6 Å². The van der Waals surface area contributed by atoms with Crippen LogP contribution in [-0.2, 0) is 4.79 Å². The molecule has 124 valence electrons. The lowest BCUT2D eigenvalue weighted by atomic mass is 9.90. The fraction of sp³-hybridized carbons (Fsp3) is 0.632. The lowest BCUT2D eigenvalue weighted by molar-refractivity contribution is -0.119. The summed E-state index contributed by atoms with van der Waals surface area (Å²) in [7, 11) is 0. The summed E-state index contributed by atoms with van der Waals surface area (Å²) in [6.45, 7) is 19.8. The van der Waals surface area contributed by atoms with Gasteiger partial charge in [0, 0.05) is 24.6 Å². The van der Waals surface area contributed by atoms with E-state index >= 15 is 0 Å². The number of carbonyl (C=O) groups is 1. The van der Waals surface area contributed by atoms with Crippen molar-refractivity contribution in [3.05, 3.63) is 35.0 Å². The maximum atomic E-state index is 12.5. The van der Waals surface area contributed by atoms with Crippen molar-refractivity contribution in [3.63, 3.8) is 0 Å². The van der Waals surface area contributed by atoms with Gasteiger partial charge in [0.2, 0.25) is 0 Å². The third-order valence-corrected chi connectivity index (χ3v) is 5.68. The molecule has 1 aliphatic heterocycles. The molecule has 0 bridgehead atoms. The summed E-state index contributed by atoms with van der Waals surface area (Å²) >= 11 is 1.72. The Bertz CT molecular complexity index is 478. The smallest absolute Gasteiger partial charge is 0.146 e. The van der Waals surface area contributed by atoms with Gasteiger partial charge in [0.1, 0.15) is 5.78 Å². The molecule has 0 aliphatic carbocycles. The first kappa shape index (κ1) is 19.1. The quantitative estimate of drug-likeness (QED) is 0.557. The third kappa shape index (κ3) is 4.28. The summed E-state index contributed by atoms with van der Waals surface area (Å²) in [5.41, 5.74) is 3.37. The first-order valence-corrected chi connectivity index (χ1v) is 9.25. The largest absolute Gasteiger partial charge is 0.341 e. The van der Waals surface area contributed by atoms with E-state index in [0.717, 1.165) is 37.1 Å². The standard InChI is InChI=1S/C19H31NOS/c1-8-10-12-20(14(5)6)19-17(13(3)4)15(7)18(22-19)16(21)11-9-2/h15,18H,3,5,8-12H2,1-2,4,6-7H3. The number of rotatable bonds is 9. The van der Waals surface area contributed by atoms with Gasteiger partial charge in [-0.2, -0.15) is 0 Å². The second-order valence-electron chi connectivity index (χ2n) is 6.28. The van der Waals surface area contributed by atoms with Crippen LogP contribution in [0, 0.1) is 5.92 Å². The molecule has 0 N–H and O–H groups in total. The maximum Gasteiger partial charge on any atom is 0.146 e. The van der Waals surface area contributed by atoms with Gasteiger partial charge in [-0.1, -0.05) is 57.7 Å². The Morgan fingerprint density at radius 3 is 2.32 bits per heavy atom. The predicted octanol–water partition coefficient (Wildman–Crippen LogP) is 5.53. The van der Waals surface area contributed by atoms with Crippen molar-refractivity contribution < 1.29 is 4.79 Å². The Morgan fingerprint density at radius 2 is 1.86 bits per heavy atom. The highest BCUT2D eigenvalue weighted by molar-refractivity contribution is 8.04. The minimum atomic E-state index is 0.0325. The van der Waals surface area contributed by atoms with E-state index in [1.54, 1.807) is 11.8 Å². The van der Waals surface area contributed by atoms with Crippen LogP contribution in [0.2, 0.25) is 0 Å². The second kappa shape index (κ2) is 8.61. The van der Waals surface area contributed by atoms with Crippen LogP contribution in [0.25, 0.3) is 0 Å². The molecule has 2 unspecified atom stereocenters. The molecular weight excluding hydrogens is 290 g/mol. The van der Waals surface area contributed by atoms with Crippen molar-refractivity contribution in [2.75, 3.05) is 6.54 Å². The highest BCUT2D eigenvalue weighted by Gasteiger charge is 2.38. The molecule has 0 aromatic rings. The van der Waals surface area contributed by atoms with E-state index in [0.29, 0.717) is 12.2 Å². The zero-order valence-electron chi connectivity index (χ0n) is 14.9. The molecule has 3 heteroatoms. The van der Waals surface area contributed by atoms with Crippen molar-refractivity contribution in [3.8, 4) is 0 Å². The lowest BCUT2D eigenvalue weighted by Crippen LogP contribution is -2.22. The average molecular weight is 322 g/mol. The fourth-order valence-electron chi connectivity index (χ4n) is 2.93. The van der Waals surface area contributed by atoms with E-state index in [9.17, 15) is 4.79 Å². The SMILES string of the molecule is C=C(C)C1=C(N(CCCC)C(=C)C)SC(C(=O)CCC)C1C. The van der Waals surface area contributed by atoms with Crippen LogP contribution in [0.5, 0.6) is 0 Å². The van der Waals surface area contributed by atoms with Gasteiger partial charge < -0.3 is 4.90 Å². The number of unbranched alkanes of at least 4 members (excludes halogenated alkanes) is 1. The number of nitrogens with zero attached hydrogens (tertiary/aromatic N) is 1. The first-order valence-electron chi connectivity index (χ1n) is 8.37. The van der Waals surface area contributed by atoms with Crippen LogP contribution in [0.4, 0.5) is 0 Å². The summed E-state index contributed by atoms with van der Waals surface area (Å²) in [5, 5.41) is 1.24. The van der Waals surface area contributed by atoms with Gasteiger partial charge >= 0.3 is 0 Å². The summed E-state index contributed by atoms with van der Waals surface area (Å²) in [5.74, 6) is 0.603. The van der Waals surface area contributed by atoms with Gasteiger partial charge in [-0.25, -0.2) is 0 Å². The molecule has 1 heterocycles. The summed E-state index contributed by atoms with van der Waals surface area (Å²) in [6, 6.07) is 0. The molecule has 2 nitrogen and oxygen atoms in total. The Balaban J connectivity index is 3.13. The topological polar surface area (TPSA) is 20.3 Å². The molecule has 0 saturated carbocycles. The van der Waals surface area contributed by atoms with E-state index in [4.69, 9.17) is 0 Å². The molecule has 0 aromatic heterocycles. The van der Waals surface area contributed by atoms with E-state index < -0.39 is 0 Å². The predicted molar refractivity (Wildman–Crippen MR) is 98.7 cm³/mol. The number of thioether (sulfide) groups is 1. The zero-order valence-corrected chi connectivity index (χ0v) is 15.7. The van der Waals surface area contributed by atoms with Crippen molar-refractivity contribution >= 4 is 17.5 Å². The van der Waals surface area contributed by atoms with Crippen LogP contribution < -0.4 is 0 Å². The van der Waals surface area contributed by atoms with Crippen LogP contribution in [-0.4, -0.2) is 22.5 Å². The van der Waals surface area contributed by atoms with Crippen LogP contribution in [0.1, 0.15) is 60.3 Å². The molecule has 0 saturated heterocycles. The molecule has 0 fully saturated rings. The minimum Gasteiger partial charge on any atom is -0.341 e. The maximum absolute atomic E-state index is 12.5. The highest BCUT2D eigenvalue weighted by atomic mass is 32.2. The Kier molecular flexibility index (Phi) is 7.47. The molecule has 1 rings (SSSR count). The Morgan fingerprint density at radius 1 is 1.23 bits per heavy atom. The average Bonchev–Trinajstić information content (AvgIpc) is 2.77. The third-order valence-electron chi connectivity index (χ3n) is 4.09. The zero-order chi connectivity index (χ0) is 16.9. The van der Waals surface area contributed by atoms with E-state index in [-0.39, 0.29) is 11.2 Å². The molecular formula is C19H31NOS. The molecule has 0 radical (unpaired) electrons. The fourth-order valence-corrected chi connectivity index (χ4v) is 4.62.